The van der Waals surface area contributed by atoms with Crippen LogP contribution in [0.25, 0.3) is 76.9 Å². The Morgan fingerprint density at radius 1 is 0.492 bits per heavy atom. The maximum atomic E-state index is 12.0. The van der Waals surface area contributed by atoms with Crippen molar-refractivity contribution >= 4 is 65.8 Å². The van der Waals surface area contributed by atoms with Gasteiger partial charge < -0.3 is 14.0 Å². The number of hydrogen-bond donors (Lipinski definition) is 0. The third-order valence-electron chi connectivity index (χ3n) is 13.5. The van der Waals surface area contributed by atoms with Gasteiger partial charge in [-0.25, -0.2) is 0 Å². The van der Waals surface area contributed by atoms with Gasteiger partial charge in [-0.2, -0.15) is 10.5 Å². The largest absolute Gasteiger partial charge is 0.330 e. The molecular formula is C58H41N5. The summed E-state index contributed by atoms with van der Waals surface area (Å²) in [6.45, 7) is 6.62. The van der Waals surface area contributed by atoms with E-state index in [-0.39, 0.29) is 17.4 Å². The Morgan fingerprint density at radius 3 is 1.65 bits per heavy atom. The van der Waals surface area contributed by atoms with Gasteiger partial charge >= 0.3 is 0 Å². The number of rotatable bonds is 4. The number of fused-ring (bicyclic) bond motifs is 10. The minimum Gasteiger partial charge on any atom is -0.330 e. The van der Waals surface area contributed by atoms with Crippen LogP contribution in [0, 0.1) is 22.7 Å². The van der Waals surface area contributed by atoms with Crippen LogP contribution in [-0.2, 0) is 5.41 Å². The highest BCUT2D eigenvalue weighted by Crippen LogP contribution is 2.55. The molecule has 2 unspecified atom stereocenters. The predicted octanol–water partition coefficient (Wildman–Crippen LogP) is 14.5. The van der Waals surface area contributed by atoms with E-state index in [2.05, 4.69) is 229 Å². The van der Waals surface area contributed by atoms with Crippen LogP contribution in [0.3, 0.4) is 0 Å². The highest BCUT2D eigenvalue weighted by atomic mass is 15.2. The van der Waals surface area contributed by atoms with E-state index < -0.39 is 0 Å². The number of allylic oxidation sites excluding steroid dienone is 2. The molecule has 2 atom stereocenters. The van der Waals surface area contributed by atoms with Gasteiger partial charge in [-0.15, -0.1) is 0 Å². The van der Waals surface area contributed by atoms with E-state index in [9.17, 15) is 10.5 Å². The first kappa shape index (κ1) is 36.7. The van der Waals surface area contributed by atoms with Crippen molar-refractivity contribution in [3.05, 3.63) is 204 Å². The van der Waals surface area contributed by atoms with Crippen LogP contribution >= 0.6 is 0 Å². The van der Waals surface area contributed by atoms with E-state index in [1.165, 1.54) is 11.1 Å². The number of para-hydroxylation sites is 4. The molecule has 0 spiro atoms. The average Bonchev–Trinajstić information content (AvgIpc) is 3.95. The summed E-state index contributed by atoms with van der Waals surface area (Å²) in [5.74, 6) is 0.0505. The Morgan fingerprint density at radius 2 is 1.02 bits per heavy atom. The van der Waals surface area contributed by atoms with Gasteiger partial charge in [0.05, 0.1) is 56.3 Å². The molecule has 8 aromatic carbocycles. The number of hydrogen-bond acceptors (Lipinski definition) is 3. The molecule has 0 radical (unpaired) electrons. The zero-order chi connectivity index (χ0) is 42.6. The molecule has 3 heterocycles. The fourth-order valence-electron chi connectivity index (χ4n) is 10.6. The summed E-state index contributed by atoms with van der Waals surface area (Å²) in [7, 11) is 0. The molecule has 298 valence electrons. The van der Waals surface area contributed by atoms with Crippen LogP contribution in [0.5, 0.6) is 0 Å². The Balaban J connectivity index is 1.37. The molecular weight excluding hydrogens is 767 g/mol. The summed E-state index contributed by atoms with van der Waals surface area (Å²) in [6, 6.07) is 61.2. The van der Waals surface area contributed by atoms with Gasteiger partial charge in [0.1, 0.15) is 12.1 Å². The smallest absolute Gasteiger partial charge is 0.102 e. The zero-order valence-corrected chi connectivity index (χ0v) is 35.2. The number of nitrogens with zero attached hydrogens (tertiary/aromatic N) is 5. The van der Waals surface area contributed by atoms with Gasteiger partial charge in [-0.3, -0.25) is 0 Å². The summed E-state index contributed by atoms with van der Waals surface area (Å²) in [5, 5.41) is 30.6. The first-order chi connectivity index (χ1) is 30.9. The first-order valence-corrected chi connectivity index (χ1v) is 21.6. The van der Waals surface area contributed by atoms with Gasteiger partial charge in [0.25, 0.3) is 0 Å². The summed E-state index contributed by atoms with van der Waals surface area (Å²) < 4.78 is 4.66. The van der Waals surface area contributed by atoms with E-state index in [0.29, 0.717) is 16.7 Å². The van der Waals surface area contributed by atoms with Gasteiger partial charge in [0.2, 0.25) is 0 Å². The molecule has 2 aromatic heterocycles. The third-order valence-corrected chi connectivity index (χ3v) is 13.5. The number of aromatic nitrogens is 2. The Labute approximate surface area is 365 Å². The van der Waals surface area contributed by atoms with Crippen LogP contribution in [0.15, 0.2) is 182 Å². The average molecular weight is 808 g/mol. The molecule has 0 bridgehead atoms. The summed E-state index contributed by atoms with van der Waals surface area (Å²) in [5.41, 5.74) is 11.9. The number of nitriles is 2. The molecule has 5 nitrogen and oxygen atoms in total. The fourth-order valence-corrected chi connectivity index (χ4v) is 10.6. The van der Waals surface area contributed by atoms with Crippen molar-refractivity contribution in [1.29, 1.82) is 10.5 Å². The second-order valence-electron chi connectivity index (χ2n) is 17.9. The Kier molecular flexibility index (Phi) is 7.98. The highest BCUT2D eigenvalue weighted by Gasteiger charge is 2.42. The van der Waals surface area contributed by atoms with Crippen molar-refractivity contribution in [2.75, 3.05) is 4.90 Å². The minimum absolute atomic E-state index is 0.0505. The van der Waals surface area contributed by atoms with Gasteiger partial charge in [-0.05, 0) is 69.3 Å². The monoisotopic (exact) mass is 807 g/mol. The second-order valence-corrected chi connectivity index (χ2v) is 17.9. The zero-order valence-electron chi connectivity index (χ0n) is 35.2. The maximum Gasteiger partial charge on any atom is 0.102 e. The van der Waals surface area contributed by atoms with Crippen molar-refractivity contribution in [3.8, 4) is 34.6 Å². The molecule has 1 aliphatic carbocycles. The minimum atomic E-state index is -0.137. The van der Waals surface area contributed by atoms with E-state index in [1.54, 1.807) is 0 Å². The molecule has 0 saturated carbocycles. The summed E-state index contributed by atoms with van der Waals surface area (Å²) in [6.07, 6.45) is 8.81. The molecule has 0 N–H and O–H groups in total. The van der Waals surface area contributed by atoms with Crippen molar-refractivity contribution < 1.29 is 0 Å². The van der Waals surface area contributed by atoms with Crippen LogP contribution < -0.4 is 4.90 Å². The fraction of sp³-hybridized carbons (Fsp3) is 0.103. The van der Waals surface area contributed by atoms with E-state index in [4.69, 9.17) is 0 Å². The van der Waals surface area contributed by atoms with Gasteiger partial charge in [0.15, 0.2) is 0 Å². The third kappa shape index (κ3) is 5.27. The number of anilines is 2. The maximum absolute atomic E-state index is 12.0. The van der Waals surface area contributed by atoms with Crippen molar-refractivity contribution in [2.45, 2.75) is 38.1 Å². The van der Waals surface area contributed by atoms with Gasteiger partial charge in [0, 0.05) is 38.7 Å². The molecule has 0 amide bonds. The Hall–Kier alpha value is -8.12. The molecule has 63 heavy (non-hydrogen) atoms. The van der Waals surface area contributed by atoms with Crippen LogP contribution in [0.1, 0.15) is 48.9 Å². The van der Waals surface area contributed by atoms with Crippen LogP contribution in [0.4, 0.5) is 11.4 Å². The van der Waals surface area contributed by atoms with E-state index >= 15 is 0 Å². The van der Waals surface area contributed by atoms with E-state index in [0.717, 1.165) is 82.7 Å². The molecule has 10 aromatic rings. The van der Waals surface area contributed by atoms with Gasteiger partial charge in [-0.1, -0.05) is 166 Å². The van der Waals surface area contributed by atoms with Crippen LogP contribution in [0.2, 0.25) is 0 Å². The lowest BCUT2D eigenvalue weighted by Gasteiger charge is -2.34. The Bertz CT molecular complexity index is 3650. The molecule has 2 aliphatic rings. The summed E-state index contributed by atoms with van der Waals surface area (Å²) >= 11 is 0. The lowest BCUT2D eigenvalue weighted by molar-refractivity contribution is 0.590. The van der Waals surface area contributed by atoms with Crippen molar-refractivity contribution in [3.63, 3.8) is 0 Å². The standard InChI is InChI=1S/C58H41N5/c1-58(2,3)39-30-28-36(29-31-39)54-46(34-59)55(61-48-23-11-6-18-40(48)41-19-7-12-24-49(41)61)57(56(47(54)35-60)62-50-25-13-8-20-42(50)43-21-9-14-26-51(43)62)63-52-27-15-10-22-44(52)45-32-37-16-4-5-17-38(37)33-53(45)63/h4-33,40,48H,1-3H3. The predicted molar refractivity (Wildman–Crippen MR) is 260 cm³/mol. The molecule has 1 aliphatic heterocycles. The van der Waals surface area contributed by atoms with Crippen LogP contribution in [-0.4, -0.2) is 15.2 Å². The van der Waals surface area contributed by atoms with E-state index in [1.807, 2.05) is 0 Å². The second kappa shape index (κ2) is 13.7. The molecule has 0 saturated heterocycles. The highest BCUT2D eigenvalue weighted by molar-refractivity contribution is 6.16. The topological polar surface area (TPSA) is 60.7 Å². The molecule has 12 rings (SSSR count). The number of benzene rings is 8. The SMILES string of the molecule is CC(C)(C)c1ccc(-c2c(C#N)c(N3c4ccccc4C4C=CC=CC43)c(-n3c4ccccc4c4cc5ccccc5cc43)c(-n3c4ccccc4c4ccccc43)c2C#N)cc1. The van der Waals surface area contributed by atoms with Crippen molar-refractivity contribution in [1.82, 2.24) is 9.13 Å². The molecule has 5 heteroatoms. The molecule has 0 fully saturated rings. The lowest BCUT2D eigenvalue weighted by atomic mass is 9.84. The first-order valence-electron chi connectivity index (χ1n) is 21.6. The lowest BCUT2D eigenvalue weighted by Crippen LogP contribution is -2.31. The summed E-state index contributed by atoms with van der Waals surface area (Å²) in [4.78, 5) is 2.40. The quantitative estimate of drug-likeness (QED) is 0.178. The normalized spacial score (nSPS) is 15.7. The van der Waals surface area contributed by atoms with Crippen molar-refractivity contribution in [2.24, 2.45) is 0 Å².